The van der Waals surface area contributed by atoms with Crippen LogP contribution in [0.4, 0.5) is 0 Å². The Morgan fingerprint density at radius 1 is 1.58 bits per heavy atom. The molecule has 0 aliphatic heterocycles. The summed E-state index contributed by atoms with van der Waals surface area (Å²) < 4.78 is 26.5. The molecule has 0 aromatic carbocycles. The van der Waals surface area contributed by atoms with Crippen molar-refractivity contribution in [2.75, 3.05) is 0 Å². The minimum atomic E-state index is -3.73. The topological polar surface area (TPSA) is 112 Å². The van der Waals surface area contributed by atoms with Crippen molar-refractivity contribution in [1.82, 2.24) is 14.9 Å². The molecule has 19 heavy (non-hydrogen) atoms. The summed E-state index contributed by atoms with van der Waals surface area (Å²) in [5.41, 5.74) is 0.653. The fourth-order valence-corrected chi connectivity index (χ4v) is 3.83. The zero-order valence-corrected chi connectivity index (χ0v) is 11.5. The Balaban J connectivity index is 2.20. The molecular formula is C10H11N3O4S2. The molecule has 0 spiro atoms. The Morgan fingerprint density at radius 2 is 2.32 bits per heavy atom. The lowest BCUT2D eigenvalue weighted by molar-refractivity contribution is 0.0697. The van der Waals surface area contributed by atoms with Crippen molar-refractivity contribution >= 4 is 27.3 Å². The highest BCUT2D eigenvalue weighted by Gasteiger charge is 2.22. The molecule has 0 aliphatic carbocycles. The van der Waals surface area contributed by atoms with Crippen LogP contribution in [0.2, 0.25) is 0 Å². The van der Waals surface area contributed by atoms with Crippen molar-refractivity contribution < 1.29 is 18.3 Å². The second kappa shape index (κ2) is 5.11. The van der Waals surface area contributed by atoms with Gasteiger partial charge < -0.3 is 5.11 Å². The molecule has 0 radical (unpaired) electrons. The Kier molecular flexibility index (Phi) is 3.69. The molecule has 2 heterocycles. The second-order valence-electron chi connectivity index (χ2n) is 3.83. The first kappa shape index (κ1) is 13.7. The molecule has 2 aromatic rings. The van der Waals surface area contributed by atoms with Crippen LogP contribution >= 0.6 is 11.3 Å². The third-order valence-electron chi connectivity index (χ3n) is 2.44. The van der Waals surface area contributed by atoms with E-state index in [1.54, 1.807) is 13.1 Å². The quantitative estimate of drug-likeness (QED) is 0.768. The van der Waals surface area contributed by atoms with Gasteiger partial charge in [0.15, 0.2) is 0 Å². The number of H-pyrrole nitrogens is 1. The number of carboxylic acid groups (broad SMARTS) is 1. The van der Waals surface area contributed by atoms with E-state index >= 15 is 0 Å². The molecule has 0 bridgehead atoms. The van der Waals surface area contributed by atoms with Gasteiger partial charge in [0.1, 0.15) is 4.21 Å². The monoisotopic (exact) mass is 301 g/mol. The van der Waals surface area contributed by atoms with Crippen LogP contribution < -0.4 is 4.72 Å². The Hall–Kier alpha value is -1.71. The maximum atomic E-state index is 12.0. The summed E-state index contributed by atoms with van der Waals surface area (Å²) in [6, 6.07) is 0.677. The fraction of sp³-hybridized carbons (Fsp3) is 0.200. The smallest absolute Gasteiger partial charge is 0.336 e. The van der Waals surface area contributed by atoms with Crippen LogP contribution in [0.3, 0.4) is 0 Å². The van der Waals surface area contributed by atoms with Gasteiger partial charge in [0.05, 0.1) is 11.8 Å². The molecule has 2 aromatic heterocycles. The van der Waals surface area contributed by atoms with Crippen LogP contribution in [-0.4, -0.2) is 29.7 Å². The van der Waals surface area contributed by atoms with Crippen LogP contribution in [0.25, 0.3) is 0 Å². The summed E-state index contributed by atoms with van der Waals surface area (Å²) in [5, 5.41) is 16.4. The average molecular weight is 301 g/mol. The fourth-order valence-electron chi connectivity index (χ4n) is 1.43. The average Bonchev–Trinajstić information content (AvgIpc) is 3.00. The van der Waals surface area contributed by atoms with E-state index in [0.29, 0.717) is 5.56 Å². The number of nitrogens with zero attached hydrogens (tertiary/aromatic N) is 1. The summed E-state index contributed by atoms with van der Waals surface area (Å²) in [4.78, 5) is 10.7. The third-order valence-corrected chi connectivity index (χ3v) is 5.42. The van der Waals surface area contributed by atoms with Gasteiger partial charge in [-0.05, 0) is 13.0 Å². The van der Waals surface area contributed by atoms with E-state index in [-0.39, 0.29) is 9.77 Å². The van der Waals surface area contributed by atoms with Gasteiger partial charge in [0, 0.05) is 23.2 Å². The van der Waals surface area contributed by atoms with Gasteiger partial charge in [0.25, 0.3) is 10.0 Å². The molecule has 0 saturated carbocycles. The second-order valence-corrected chi connectivity index (χ2v) is 6.69. The molecule has 0 fully saturated rings. The van der Waals surface area contributed by atoms with Crippen molar-refractivity contribution in [2.45, 2.75) is 17.2 Å². The Morgan fingerprint density at radius 3 is 2.84 bits per heavy atom. The van der Waals surface area contributed by atoms with Crippen molar-refractivity contribution in [3.8, 4) is 0 Å². The van der Waals surface area contributed by atoms with Gasteiger partial charge in [-0.25, -0.2) is 17.9 Å². The van der Waals surface area contributed by atoms with E-state index in [0.717, 1.165) is 17.4 Å². The third kappa shape index (κ3) is 3.00. The molecule has 7 nitrogen and oxygen atoms in total. The molecule has 1 unspecified atom stereocenters. The highest BCUT2D eigenvalue weighted by atomic mass is 32.2. The van der Waals surface area contributed by atoms with E-state index < -0.39 is 22.0 Å². The lowest BCUT2D eigenvalue weighted by Gasteiger charge is -2.11. The zero-order valence-electron chi connectivity index (χ0n) is 9.82. The Labute approximate surface area is 113 Å². The van der Waals surface area contributed by atoms with Crippen LogP contribution in [0, 0.1) is 0 Å². The predicted octanol–water partition coefficient (Wildman–Crippen LogP) is 1.21. The number of aromatic amines is 1. The first-order valence-corrected chi connectivity index (χ1v) is 7.59. The molecule has 1 atom stereocenters. The molecule has 2 rings (SSSR count). The number of aromatic nitrogens is 2. The maximum absolute atomic E-state index is 12.0. The predicted molar refractivity (Wildman–Crippen MR) is 68.6 cm³/mol. The summed E-state index contributed by atoms with van der Waals surface area (Å²) in [6.07, 6.45) is 3.11. The number of hydrogen-bond acceptors (Lipinski definition) is 5. The number of aromatic carboxylic acids is 1. The van der Waals surface area contributed by atoms with Crippen molar-refractivity contribution in [1.29, 1.82) is 0 Å². The summed E-state index contributed by atoms with van der Waals surface area (Å²) in [5.74, 6) is -1.15. The van der Waals surface area contributed by atoms with Crippen LogP contribution in [0.15, 0.2) is 28.0 Å². The number of nitrogens with one attached hydrogen (secondary N) is 2. The number of hydrogen-bond donors (Lipinski definition) is 3. The van der Waals surface area contributed by atoms with Crippen molar-refractivity contribution in [2.24, 2.45) is 0 Å². The minimum Gasteiger partial charge on any atom is -0.478 e. The molecule has 9 heteroatoms. The lowest BCUT2D eigenvalue weighted by atomic mass is 10.2. The van der Waals surface area contributed by atoms with E-state index in [4.69, 9.17) is 5.11 Å². The van der Waals surface area contributed by atoms with Gasteiger partial charge in [-0.1, -0.05) is 0 Å². The van der Waals surface area contributed by atoms with Crippen LogP contribution in [-0.2, 0) is 10.0 Å². The van der Waals surface area contributed by atoms with E-state index in [2.05, 4.69) is 14.9 Å². The largest absolute Gasteiger partial charge is 0.478 e. The number of carbonyl (C=O) groups is 1. The van der Waals surface area contributed by atoms with Gasteiger partial charge in [0.2, 0.25) is 0 Å². The minimum absolute atomic E-state index is 0.0276. The highest BCUT2D eigenvalue weighted by molar-refractivity contribution is 7.91. The standard InChI is InChI=1S/C10H11N3O4S2/c1-6(8-3-11-12-4-8)13-19(16,17)9-2-7(5-18-9)10(14)15/h2-6,13H,1H3,(H,11,12)(H,14,15). The molecular weight excluding hydrogens is 290 g/mol. The zero-order chi connectivity index (χ0) is 14.0. The number of sulfonamides is 1. The summed E-state index contributed by atoms with van der Waals surface area (Å²) in [6.45, 7) is 1.67. The molecule has 0 amide bonds. The maximum Gasteiger partial charge on any atom is 0.336 e. The summed E-state index contributed by atoms with van der Waals surface area (Å²) >= 11 is 0.869. The van der Waals surface area contributed by atoms with Gasteiger partial charge in [-0.3, -0.25) is 5.10 Å². The molecule has 102 valence electrons. The van der Waals surface area contributed by atoms with Crippen molar-refractivity contribution in [3.63, 3.8) is 0 Å². The first-order valence-electron chi connectivity index (χ1n) is 5.23. The molecule has 0 saturated heterocycles. The SMILES string of the molecule is CC(NS(=O)(=O)c1cc(C(=O)O)cs1)c1cn[nH]c1. The van der Waals surface area contributed by atoms with Gasteiger partial charge >= 0.3 is 5.97 Å². The number of carboxylic acids is 1. The number of thiophene rings is 1. The highest BCUT2D eigenvalue weighted by Crippen LogP contribution is 2.22. The summed E-state index contributed by atoms with van der Waals surface area (Å²) in [7, 11) is -3.73. The van der Waals surface area contributed by atoms with Gasteiger partial charge in [-0.15, -0.1) is 11.3 Å². The van der Waals surface area contributed by atoms with Crippen LogP contribution in [0.1, 0.15) is 28.9 Å². The van der Waals surface area contributed by atoms with E-state index in [9.17, 15) is 13.2 Å². The van der Waals surface area contributed by atoms with E-state index in [1.165, 1.54) is 11.6 Å². The Bertz CT molecular complexity index is 675. The molecule has 3 N–H and O–H groups in total. The first-order chi connectivity index (χ1) is 8.90. The lowest BCUT2D eigenvalue weighted by Crippen LogP contribution is -2.26. The molecule has 0 aliphatic rings. The van der Waals surface area contributed by atoms with E-state index in [1.807, 2.05) is 0 Å². The van der Waals surface area contributed by atoms with Crippen LogP contribution in [0.5, 0.6) is 0 Å². The van der Waals surface area contributed by atoms with Crippen molar-refractivity contribution in [3.05, 3.63) is 35.0 Å². The number of rotatable bonds is 5. The van der Waals surface area contributed by atoms with Gasteiger partial charge in [-0.2, -0.15) is 5.10 Å². The normalized spacial score (nSPS) is 13.3.